The summed E-state index contributed by atoms with van der Waals surface area (Å²) in [5, 5.41) is 13.2. The van der Waals surface area contributed by atoms with Crippen molar-refractivity contribution in [3.63, 3.8) is 0 Å². The van der Waals surface area contributed by atoms with Crippen LogP contribution in [0, 0.1) is 10.1 Å². The summed E-state index contributed by atoms with van der Waals surface area (Å²) in [5.41, 5.74) is 0.768. The van der Waals surface area contributed by atoms with E-state index in [0.717, 1.165) is 16.1 Å². The van der Waals surface area contributed by atoms with E-state index < -0.39 is 22.8 Å². The number of non-ortho nitro benzene ring substituents is 1. The summed E-state index contributed by atoms with van der Waals surface area (Å²) in [6, 6.07) is 15.0. The molecule has 36 heavy (non-hydrogen) atoms. The van der Waals surface area contributed by atoms with Gasteiger partial charge >= 0.3 is 6.03 Å². The number of amides is 4. The minimum absolute atomic E-state index is 0.0378. The van der Waals surface area contributed by atoms with Gasteiger partial charge in [0.15, 0.2) is 0 Å². The van der Waals surface area contributed by atoms with E-state index in [4.69, 9.17) is 4.74 Å². The van der Waals surface area contributed by atoms with Crippen LogP contribution in [0.25, 0.3) is 6.08 Å². The van der Waals surface area contributed by atoms with Crippen LogP contribution in [0.1, 0.15) is 11.1 Å². The van der Waals surface area contributed by atoms with E-state index in [1.54, 1.807) is 12.1 Å². The minimum Gasteiger partial charge on any atom is -0.487 e. The third-order valence-electron chi connectivity index (χ3n) is 5.03. The number of urea groups is 1. The van der Waals surface area contributed by atoms with Gasteiger partial charge < -0.3 is 4.74 Å². The second-order valence-electron chi connectivity index (χ2n) is 7.46. The highest BCUT2D eigenvalue weighted by Gasteiger charge is 2.37. The molecule has 0 atom stereocenters. The zero-order chi connectivity index (χ0) is 26.0. The van der Waals surface area contributed by atoms with Gasteiger partial charge in [-0.15, -0.1) is 0 Å². The summed E-state index contributed by atoms with van der Waals surface area (Å²) in [5.74, 6) is -1.27. The quantitative estimate of drug-likeness (QED) is 0.145. The molecule has 0 aliphatic carbocycles. The molecule has 0 spiro atoms. The van der Waals surface area contributed by atoms with Gasteiger partial charge in [0.1, 0.15) is 17.9 Å². The molecular formula is C24H14Br3N3O6. The van der Waals surface area contributed by atoms with E-state index in [9.17, 15) is 24.5 Å². The van der Waals surface area contributed by atoms with Crippen LogP contribution in [0.4, 0.5) is 16.2 Å². The summed E-state index contributed by atoms with van der Waals surface area (Å²) in [6.45, 7) is 0.312. The molecule has 182 valence electrons. The van der Waals surface area contributed by atoms with E-state index in [-0.39, 0.29) is 16.9 Å². The van der Waals surface area contributed by atoms with Gasteiger partial charge in [-0.3, -0.25) is 25.0 Å². The molecule has 1 aliphatic heterocycles. The van der Waals surface area contributed by atoms with Gasteiger partial charge in [-0.25, -0.2) is 9.69 Å². The van der Waals surface area contributed by atoms with E-state index in [1.165, 1.54) is 24.3 Å². The number of barbiturate groups is 1. The monoisotopic (exact) mass is 677 g/mol. The number of hydrogen-bond donors (Lipinski definition) is 1. The zero-order valence-electron chi connectivity index (χ0n) is 18.0. The topological polar surface area (TPSA) is 119 Å². The summed E-state index contributed by atoms with van der Waals surface area (Å²) < 4.78 is 8.00. The largest absolute Gasteiger partial charge is 0.487 e. The lowest BCUT2D eigenvalue weighted by molar-refractivity contribution is -0.384. The first-order chi connectivity index (χ1) is 17.1. The van der Waals surface area contributed by atoms with Crippen molar-refractivity contribution in [2.45, 2.75) is 6.61 Å². The van der Waals surface area contributed by atoms with Gasteiger partial charge in [0.25, 0.3) is 17.5 Å². The van der Waals surface area contributed by atoms with E-state index >= 15 is 0 Å². The molecule has 3 aromatic rings. The lowest BCUT2D eigenvalue weighted by Crippen LogP contribution is -2.54. The Hall–Kier alpha value is -3.35. The average Bonchev–Trinajstić information content (AvgIpc) is 2.82. The Morgan fingerprint density at radius 3 is 2.28 bits per heavy atom. The number of benzene rings is 3. The second-order valence-corrected chi connectivity index (χ2v) is 10.1. The molecule has 1 aliphatic rings. The first kappa shape index (κ1) is 25.7. The highest BCUT2D eigenvalue weighted by atomic mass is 79.9. The van der Waals surface area contributed by atoms with Gasteiger partial charge in [-0.05, 0) is 79.4 Å². The Kier molecular flexibility index (Phi) is 7.67. The summed E-state index contributed by atoms with van der Waals surface area (Å²) >= 11 is 10.3. The van der Waals surface area contributed by atoms with Gasteiger partial charge in [-0.1, -0.05) is 34.1 Å². The molecule has 0 saturated carbocycles. The van der Waals surface area contributed by atoms with Crippen molar-refractivity contribution in [3.8, 4) is 5.75 Å². The number of nitrogens with zero attached hydrogens (tertiary/aromatic N) is 2. The Morgan fingerprint density at radius 2 is 1.64 bits per heavy atom. The van der Waals surface area contributed by atoms with Crippen LogP contribution in [0.5, 0.6) is 5.75 Å². The SMILES string of the molecule is O=C1NC(=O)N(c2cccc([N+](=O)[O-])c2)C(=O)/C1=C/c1cc(Br)c(OCc2ccc(Br)cc2)c(Br)c1. The fourth-order valence-corrected chi connectivity index (χ4v) is 5.06. The zero-order valence-corrected chi connectivity index (χ0v) is 22.8. The standard InChI is InChI=1S/C24H14Br3N3O6/c25-15-6-4-13(5-7-15)12-36-21-19(26)9-14(10-20(21)27)8-18-22(31)28-24(33)29(23(18)32)16-2-1-3-17(11-16)30(34)35/h1-11H,12H2,(H,28,31,33)/b18-8+. The van der Waals surface area contributed by atoms with Crippen LogP contribution in [0.2, 0.25) is 0 Å². The number of halogens is 3. The Morgan fingerprint density at radius 1 is 0.972 bits per heavy atom. The van der Waals surface area contributed by atoms with Crippen LogP contribution < -0.4 is 15.0 Å². The van der Waals surface area contributed by atoms with E-state index in [0.29, 0.717) is 31.8 Å². The molecule has 12 heteroatoms. The molecule has 4 amide bonds. The summed E-state index contributed by atoms with van der Waals surface area (Å²) in [4.78, 5) is 49.1. The first-order valence-electron chi connectivity index (χ1n) is 10.2. The molecule has 9 nitrogen and oxygen atoms in total. The Balaban J connectivity index is 1.61. The Bertz CT molecular complexity index is 1420. The number of imide groups is 2. The number of ether oxygens (including phenoxy) is 1. The number of nitrogens with one attached hydrogen (secondary N) is 1. The van der Waals surface area contributed by atoms with Crippen LogP contribution in [0.15, 0.2) is 79.7 Å². The predicted molar refractivity (Wildman–Crippen MR) is 142 cm³/mol. The molecule has 1 saturated heterocycles. The number of rotatable bonds is 6. The van der Waals surface area contributed by atoms with E-state index in [2.05, 4.69) is 53.1 Å². The molecular weight excluding hydrogens is 666 g/mol. The fourth-order valence-electron chi connectivity index (χ4n) is 3.34. The van der Waals surface area contributed by atoms with Crippen molar-refractivity contribution in [1.29, 1.82) is 0 Å². The highest BCUT2D eigenvalue weighted by molar-refractivity contribution is 9.11. The van der Waals surface area contributed by atoms with Crippen LogP contribution in [0.3, 0.4) is 0 Å². The van der Waals surface area contributed by atoms with Crippen molar-refractivity contribution in [1.82, 2.24) is 5.32 Å². The summed E-state index contributed by atoms with van der Waals surface area (Å²) in [7, 11) is 0. The average molecular weight is 680 g/mol. The number of nitro groups is 1. The number of carbonyl (C=O) groups excluding carboxylic acids is 3. The molecule has 0 radical (unpaired) electrons. The lowest BCUT2D eigenvalue weighted by atomic mass is 10.1. The second kappa shape index (κ2) is 10.7. The normalized spacial score (nSPS) is 14.7. The number of hydrogen-bond acceptors (Lipinski definition) is 6. The number of carbonyl (C=O) groups is 3. The third-order valence-corrected chi connectivity index (χ3v) is 6.74. The van der Waals surface area contributed by atoms with Crippen molar-refractivity contribution >= 4 is 83.1 Å². The molecule has 4 rings (SSSR count). The van der Waals surface area contributed by atoms with Gasteiger partial charge in [-0.2, -0.15) is 0 Å². The molecule has 1 fully saturated rings. The molecule has 0 bridgehead atoms. The molecule has 3 aromatic carbocycles. The van der Waals surface area contributed by atoms with Crippen LogP contribution in [-0.2, 0) is 16.2 Å². The lowest BCUT2D eigenvalue weighted by Gasteiger charge is -2.26. The maximum Gasteiger partial charge on any atom is 0.335 e. The number of anilines is 1. The van der Waals surface area contributed by atoms with Crippen LogP contribution >= 0.6 is 47.8 Å². The van der Waals surface area contributed by atoms with Crippen molar-refractivity contribution in [2.24, 2.45) is 0 Å². The van der Waals surface area contributed by atoms with Crippen molar-refractivity contribution in [2.75, 3.05) is 4.90 Å². The van der Waals surface area contributed by atoms with E-state index in [1.807, 2.05) is 24.3 Å². The molecule has 1 heterocycles. The maximum atomic E-state index is 13.1. The van der Waals surface area contributed by atoms with Crippen molar-refractivity contribution < 1.29 is 24.0 Å². The number of nitro benzene ring substituents is 1. The van der Waals surface area contributed by atoms with Gasteiger partial charge in [0.05, 0.1) is 19.6 Å². The first-order valence-corrected chi connectivity index (χ1v) is 12.5. The fraction of sp³-hybridized carbons (Fsp3) is 0.0417. The summed E-state index contributed by atoms with van der Waals surface area (Å²) in [6.07, 6.45) is 1.32. The van der Waals surface area contributed by atoms with Crippen molar-refractivity contribution in [3.05, 3.63) is 101 Å². The predicted octanol–water partition coefficient (Wildman–Crippen LogP) is 6.13. The van der Waals surface area contributed by atoms with Gasteiger partial charge in [0.2, 0.25) is 0 Å². The van der Waals surface area contributed by atoms with Crippen LogP contribution in [-0.4, -0.2) is 22.8 Å². The molecule has 0 unspecified atom stereocenters. The third kappa shape index (κ3) is 5.55. The Labute approximate surface area is 229 Å². The molecule has 0 aromatic heterocycles. The minimum atomic E-state index is -0.998. The maximum absolute atomic E-state index is 13.1. The molecule has 1 N–H and O–H groups in total. The highest BCUT2D eigenvalue weighted by Crippen LogP contribution is 2.36. The smallest absolute Gasteiger partial charge is 0.335 e. The van der Waals surface area contributed by atoms with Gasteiger partial charge in [0, 0.05) is 16.6 Å².